The molecule has 1 fully saturated rings. The minimum Gasteiger partial charge on any atom is -0.508 e. The lowest BCUT2D eigenvalue weighted by atomic mass is 9.99. The van der Waals surface area contributed by atoms with Gasteiger partial charge >= 0.3 is 5.97 Å². The van der Waals surface area contributed by atoms with Crippen LogP contribution >= 0.6 is 0 Å². The number of hydrogen-bond acceptors (Lipinski definition) is 12. The van der Waals surface area contributed by atoms with Gasteiger partial charge in [-0.3, -0.25) is 4.79 Å². The fraction of sp³-hybridized carbons (Fsp3) is 0.238. The zero-order valence-electron chi connectivity index (χ0n) is 16.9. The van der Waals surface area contributed by atoms with Gasteiger partial charge in [0.05, 0.1) is 0 Å². The van der Waals surface area contributed by atoms with Crippen molar-refractivity contribution < 1.29 is 59.5 Å². The molecule has 34 heavy (non-hydrogen) atoms. The van der Waals surface area contributed by atoms with Crippen molar-refractivity contribution in [3.8, 4) is 40.1 Å². The lowest BCUT2D eigenvalue weighted by molar-refractivity contribution is -0.271. The molecule has 2 heterocycles. The third-order valence-electron chi connectivity index (χ3n) is 5.26. The lowest BCUT2D eigenvalue weighted by Crippen LogP contribution is -2.61. The van der Waals surface area contributed by atoms with Crippen LogP contribution in [0.25, 0.3) is 22.3 Å². The zero-order valence-corrected chi connectivity index (χ0v) is 16.9. The first-order valence-corrected chi connectivity index (χ1v) is 9.64. The molecular formula is C21H18O13. The number of phenolic OH excluding ortho intramolecular Hbond substituents is 3. The van der Waals surface area contributed by atoms with Crippen LogP contribution in [0.15, 0.2) is 39.5 Å². The van der Waals surface area contributed by atoms with Crippen molar-refractivity contribution >= 4 is 16.9 Å². The van der Waals surface area contributed by atoms with Gasteiger partial charge in [-0.25, -0.2) is 4.79 Å². The summed E-state index contributed by atoms with van der Waals surface area (Å²) in [6.45, 7) is 0. The molecule has 1 aromatic heterocycles. The topological polar surface area (TPSA) is 228 Å². The Morgan fingerprint density at radius 2 is 1.53 bits per heavy atom. The number of carboxylic acid groups (broad SMARTS) is 1. The second-order valence-electron chi connectivity index (χ2n) is 7.45. The smallest absolute Gasteiger partial charge is 0.335 e. The fourth-order valence-corrected chi connectivity index (χ4v) is 3.46. The molecule has 8 N–H and O–H groups in total. The second kappa shape index (κ2) is 8.39. The van der Waals surface area contributed by atoms with Gasteiger partial charge in [0, 0.05) is 11.6 Å². The van der Waals surface area contributed by atoms with Gasteiger partial charge in [0.15, 0.2) is 23.4 Å². The Morgan fingerprint density at radius 1 is 0.882 bits per heavy atom. The molecule has 13 heteroatoms. The van der Waals surface area contributed by atoms with Crippen LogP contribution in [-0.2, 0) is 9.53 Å². The van der Waals surface area contributed by atoms with Crippen LogP contribution < -0.4 is 10.2 Å². The number of aromatic hydroxyl groups is 4. The average molecular weight is 478 g/mol. The zero-order chi connectivity index (χ0) is 24.9. The van der Waals surface area contributed by atoms with Gasteiger partial charge in [-0.15, -0.1) is 0 Å². The highest BCUT2D eigenvalue weighted by Crippen LogP contribution is 2.44. The quantitative estimate of drug-likeness (QED) is 0.223. The third kappa shape index (κ3) is 3.72. The number of benzene rings is 2. The monoisotopic (exact) mass is 478 g/mol. The molecular weight excluding hydrogens is 460 g/mol. The Bertz CT molecular complexity index is 1310. The molecule has 1 aliphatic rings. The third-order valence-corrected chi connectivity index (χ3v) is 5.26. The summed E-state index contributed by atoms with van der Waals surface area (Å²) in [6, 6.07) is 6.10. The molecule has 13 nitrogen and oxygen atoms in total. The van der Waals surface area contributed by atoms with Crippen LogP contribution in [-0.4, -0.2) is 77.5 Å². The Balaban J connectivity index is 1.80. The highest BCUT2D eigenvalue weighted by Gasteiger charge is 2.48. The summed E-state index contributed by atoms with van der Waals surface area (Å²) in [5.74, 6) is -5.75. The Hall–Kier alpha value is -4.04. The molecule has 2 aromatic carbocycles. The fourth-order valence-electron chi connectivity index (χ4n) is 3.46. The molecule has 0 radical (unpaired) electrons. The maximum absolute atomic E-state index is 12.7. The van der Waals surface area contributed by atoms with E-state index in [9.17, 15) is 45.3 Å². The molecule has 3 aromatic rings. The minimum absolute atomic E-state index is 0.0948. The highest BCUT2D eigenvalue weighted by atomic mass is 16.7. The van der Waals surface area contributed by atoms with E-state index in [1.807, 2.05) is 0 Å². The van der Waals surface area contributed by atoms with E-state index in [0.29, 0.717) is 0 Å². The van der Waals surface area contributed by atoms with Crippen LogP contribution in [0.5, 0.6) is 28.7 Å². The normalized spacial score (nSPS) is 24.7. The number of ether oxygens (including phenoxy) is 2. The Morgan fingerprint density at radius 3 is 2.15 bits per heavy atom. The first-order chi connectivity index (χ1) is 16.0. The molecule has 180 valence electrons. The summed E-state index contributed by atoms with van der Waals surface area (Å²) in [5, 5.41) is 78.7. The van der Waals surface area contributed by atoms with Crippen molar-refractivity contribution in [1.29, 1.82) is 0 Å². The van der Waals surface area contributed by atoms with Gasteiger partial charge in [0.25, 0.3) is 0 Å². The van der Waals surface area contributed by atoms with Crippen molar-refractivity contribution in [3.05, 3.63) is 40.6 Å². The van der Waals surface area contributed by atoms with Crippen LogP contribution in [0, 0.1) is 0 Å². The molecule has 0 aliphatic carbocycles. The van der Waals surface area contributed by atoms with Crippen molar-refractivity contribution in [2.45, 2.75) is 30.7 Å². The number of fused-ring (bicyclic) bond motifs is 1. The summed E-state index contributed by atoms with van der Waals surface area (Å²) >= 11 is 0. The van der Waals surface area contributed by atoms with Crippen LogP contribution in [0.4, 0.5) is 0 Å². The van der Waals surface area contributed by atoms with Gasteiger partial charge < -0.3 is 54.7 Å². The van der Waals surface area contributed by atoms with Crippen molar-refractivity contribution in [3.63, 3.8) is 0 Å². The van der Waals surface area contributed by atoms with Gasteiger partial charge in [-0.05, 0) is 24.3 Å². The number of aliphatic carboxylic acids is 1. The van der Waals surface area contributed by atoms with Crippen LogP contribution in [0.2, 0.25) is 0 Å². The molecule has 0 bridgehead atoms. The second-order valence-corrected chi connectivity index (χ2v) is 7.45. The molecule has 5 unspecified atom stereocenters. The predicted molar refractivity (Wildman–Crippen MR) is 110 cm³/mol. The Labute approximate surface area is 188 Å². The van der Waals surface area contributed by atoms with Crippen molar-refractivity contribution in [2.75, 3.05) is 0 Å². The molecule has 5 atom stereocenters. The van der Waals surface area contributed by atoms with Crippen molar-refractivity contribution in [2.24, 2.45) is 0 Å². The summed E-state index contributed by atoms with van der Waals surface area (Å²) in [7, 11) is 0. The highest BCUT2D eigenvalue weighted by molar-refractivity contribution is 5.91. The number of phenols is 3. The average Bonchev–Trinajstić information content (AvgIpc) is 2.80. The number of aliphatic hydroxyl groups is 3. The van der Waals surface area contributed by atoms with Gasteiger partial charge in [0.1, 0.15) is 35.0 Å². The number of carbonyl (C=O) groups is 1. The SMILES string of the molecule is O=C(O)C1OC(Oc2cc3oc(-c4ccc(O)cc4)c(O)c(=O)c3c(O)c2O)C(O)C(O)C1O. The van der Waals surface area contributed by atoms with E-state index >= 15 is 0 Å². The summed E-state index contributed by atoms with van der Waals surface area (Å²) < 4.78 is 15.7. The molecule has 1 saturated heterocycles. The van der Waals surface area contributed by atoms with Crippen molar-refractivity contribution in [1.82, 2.24) is 0 Å². The van der Waals surface area contributed by atoms with Crippen LogP contribution in [0.3, 0.4) is 0 Å². The van der Waals surface area contributed by atoms with E-state index in [1.165, 1.54) is 24.3 Å². The first kappa shape index (κ1) is 23.1. The van der Waals surface area contributed by atoms with E-state index in [-0.39, 0.29) is 17.1 Å². The summed E-state index contributed by atoms with van der Waals surface area (Å²) in [6.07, 6.45) is -9.87. The number of aliphatic hydroxyl groups excluding tert-OH is 3. The summed E-state index contributed by atoms with van der Waals surface area (Å²) in [5.41, 5.74) is -1.32. The first-order valence-electron chi connectivity index (χ1n) is 9.64. The molecule has 0 amide bonds. The maximum atomic E-state index is 12.7. The van der Waals surface area contributed by atoms with Crippen LogP contribution in [0.1, 0.15) is 0 Å². The minimum atomic E-state index is -1.99. The Kier molecular flexibility index (Phi) is 5.70. The largest absolute Gasteiger partial charge is 0.508 e. The van der Waals surface area contributed by atoms with E-state index < -0.39 is 76.1 Å². The lowest BCUT2D eigenvalue weighted by Gasteiger charge is -2.38. The number of rotatable bonds is 4. The molecule has 0 spiro atoms. The van der Waals surface area contributed by atoms with E-state index in [1.54, 1.807) is 0 Å². The number of hydrogen-bond donors (Lipinski definition) is 8. The van der Waals surface area contributed by atoms with Gasteiger partial charge in [-0.1, -0.05) is 0 Å². The molecule has 0 saturated carbocycles. The molecule has 1 aliphatic heterocycles. The predicted octanol–water partition coefficient (Wildman–Crippen LogP) is -0.447. The van der Waals surface area contributed by atoms with Gasteiger partial charge in [-0.2, -0.15) is 0 Å². The molecule has 4 rings (SSSR count). The van der Waals surface area contributed by atoms with E-state index in [4.69, 9.17) is 19.0 Å². The van der Waals surface area contributed by atoms with E-state index in [2.05, 4.69) is 0 Å². The van der Waals surface area contributed by atoms with Gasteiger partial charge in [0.2, 0.25) is 23.2 Å². The maximum Gasteiger partial charge on any atom is 0.335 e. The standard InChI is InChI=1S/C21H18O13/c22-7-3-1-6(2-4-7)18-15(27)13(25)10-8(32-18)5-9(11(23)12(10)24)33-21-17(29)14(26)16(28)19(34-21)20(30)31/h1-5,14,16-17,19,21-24,26-29H,(H,30,31). The number of carboxylic acids is 1. The summed E-state index contributed by atoms with van der Waals surface area (Å²) in [4.78, 5) is 23.9. The van der Waals surface area contributed by atoms with E-state index in [0.717, 1.165) is 6.07 Å².